The van der Waals surface area contributed by atoms with E-state index in [1.807, 2.05) is 16.7 Å². The van der Waals surface area contributed by atoms with Crippen LogP contribution in [0.2, 0.25) is 10.0 Å². The zero-order chi connectivity index (χ0) is 18.3. The molecule has 1 unspecified atom stereocenters. The van der Waals surface area contributed by atoms with Crippen LogP contribution in [-0.2, 0) is 4.79 Å². The van der Waals surface area contributed by atoms with Crippen molar-refractivity contribution in [3.63, 3.8) is 0 Å². The van der Waals surface area contributed by atoms with Crippen molar-refractivity contribution in [2.75, 3.05) is 37.7 Å². The number of nitrogens with zero attached hydrogens (tertiary/aromatic N) is 2. The van der Waals surface area contributed by atoms with Crippen LogP contribution >= 0.6 is 35.0 Å². The maximum atomic E-state index is 13.4. The minimum Gasteiger partial charge on any atom is -0.336 e. The number of rotatable bonds is 3. The Bertz CT molecular complexity index is 736. The first-order valence-electron chi connectivity index (χ1n) is 9.17. The fourth-order valence-electron chi connectivity index (χ4n) is 4.28. The summed E-state index contributed by atoms with van der Waals surface area (Å²) >= 11 is 14.1. The van der Waals surface area contributed by atoms with Crippen LogP contribution in [0.5, 0.6) is 0 Å². The van der Waals surface area contributed by atoms with Crippen LogP contribution in [0.1, 0.15) is 41.1 Å². The van der Waals surface area contributed by atoms with E-state index in [1.54, 1.807) is 12.1 Å². The Morgan fingerprint density at radius 3 is 2.65 bits per heavy atom. The molecule has 1 aromatic carbocycles. The molecule has 140 valence electrons. The maximum absolute atomic E-state index is 13.4. The Kier molecular flexibility index (Phi) is 5.51. The van der Waals surface area contributed by atoms with E-state index in [1.165, 1.54) is 12.8 Å². The number of hydrogen-bond acceptors (Lipinski definition) is 4. The summed E-state index contributed by atoms with van der Waals surface area (Å²) in [4.78, 5) is 30.2. The van der Waals surface area contributed by atoms with Gasteiger partial charge in [-0.2, -0.15) is 11.8 Å². The average Bonchev–Trinajstić information content (AvgIpc) is 3.24. The van der Waals surface area contributed by atoms with E-state index in [9.17, 15) is 9.59 Å². The fraction of sp³-hybridized carbons (Fsp3) is 0.579. The van der Waals surface area contributed by atoms with Crippen LogP contribution < -0.4 is 0 Å². The van der Waals surface area contributed by atoms with Crippen LogP contribution in [0.3, 0.4) is 0 Å². The standard InChI is InChI=1S/C19H22Cl2N2O2S/c20-16-7-13-14(8-17(16)21)18(24)9-15(13)19(25)23-5-6-26-11-12(23)10-22-3-1-2-4-22/h7-8,12,15H,1-6,9-11H2/t12-,15?/m1/s1. The lowest BCUT2D eigenvalue weighted by Gasteiger charge is -2.39. The third kappa shape index (κ3) is 3.51. The summed E-state index contributed by atoms with van der Waals surface area (Å²) in [5.74, 6) is 1.56. The predicted octanol–water partition coefficient (Wildman–Crippen LogP) is 3.70. The first kappa shape index (κ1) is 18.6. The van der Waals surface area contributed by atoms with Crippen molar-refractivity contribution in [3.8, 4) is 0 Å². The van der Waals surface area contributed by atoms with Gasteiger partial charge in [-0.15, -0.1) is 0 Å². The lowest BCUT2D eigenvalue weighted by molar-refractivity contribution is -0.134. The largest absolute Gasteiger partial charge is 0.336 e. The van der Waals surface area contributed by atoms with Gasteiger partial charge in [0.1, 0.15) is 0 Å². The van der Waals surface area contributed by atoms with Crippen molar-refractivity contribution >= 4 is 46.7 Å². The van der Waals surface area contributed by atoms with Gasteiger partial charge >= 0.3 is 0 Å². The number of Topliss-reactive ketones (excluding diaryl/α,β-unsaturated/α-hetero) is 1. The first-order valence-corrected chi connectivity index (χ1v) is 11.1. The van der Waals surface area contributed by atoms with E-state index in [0.29, 0.717) is 15.6 Å². The number of hydrogen-bond donors (Lipinski definition) is 0. The van der Waals surface area contributed by atoms with Crippen molar-refractivity contribution in [3.05, 3.63) is 33.3 Å². The molecule has 0 bridgehead atoms. The van der Waals surface area contributed by atoms with E-state index < -0.39 is 5.92 Å². The quantitative estimate of drug-likeness (QED) is 0.758. The number of thioether (sulfide) groups is 1. The molecule has 1 aromatic rings. The zero-order valence-corrected chi connectivity index (χ0v) is 16.9. The van der Waals surface area contributed by atoms with E-state index in [2.05, 4.69) is 4.90 Å². The highest BCUT2D eigenvalue weighted by molar-refractivity contribution is 7.99. The van der Waals surface area contributed by atoms with Crippen LogP contribution in [0.4, 0.5) is 0 Å². The van der Waals surface area contributed by atoms with Gasteiger partial charge in [-0.25, -0.2) is 0 Å². The topological polar surface area (TPSA) is 40.6 Å². The first-order chi connectivity index (χ1) is 12.5. The molecule has 0 aromatic heterocycles. The van der Waals surface area contributed by atoms with Gasteiger partial charge in [0.2, 0.25) is 5.91 Å². The van der Waals surface area contributed by atoms with Gasteiger partial charge < -0.3 is 9.80 Å². The summed E-state index contributed by atoms with van der Waals surface area (Å²) < 4.78 is 0. The summed E-state index contributed by atoms with van der Waals surface area (Å²) in [6, 6.07) is 3.55. The average molecular weight is 413 g/mol. The van der Waals surface area contributed by atoms with Gasteiger partial charge in [0.25, 0.3) is 0 Å². The van der Waals surface area contributed by atoms with Gasteiger partial charge in [0.15, 0.2) is 5.78 Å². The summed E-state index contributed by atoms with van der Waals surface area (Å²) in [6.45, 7) is 3.95. The molecule has 2 atom stereocenters. The van der Waals surface area contributed by atoms with Gasteiger partial charge in [-0.1, -0.05) is 23.2 Å². The Labute approximate surface area is 168 Å². The second-order valence-corrected chi connectivity index (χ2v) is 9.27. The van der Waals surface area contributed by atoms with E-state index in [0.717, 1.165) is 43.2 Å². The fourth-order valence-corrected chi connectivity index (χ4v) is 5.66. The lowest BCUT2D eigenvalue weighted by atomic mass is 9.99. The predicted molar refractivity (Wildman–Crippen MR) is 107 cm³/mol. The van der Waals surface area contributed by atoms with Gasteiger partial charge in [0, 0.05) is 36.6 Å². The molecule has 0 saturated carbocycles. The molecule has 26 heavy (non-hydrogen) atoms. The molecule has 2 heterocycles. The molecule has 4 nitrogen and oxygen atoms in total. The maximum Gasteiger partial charge on any atom is 0.230 e. The second-order valence-electron chi connectivity index (χ2n) is 7.30. The zero-order valence-electron chi connectivity index (χ0n) is 14.5. The summed E-state index contributed by atoms with van der Waals surface area (Å²) in [5.41, 5.74) is 1.30. The molecule has 0 N–H and O–H groups in total. The molecule has 0 spiro atoms. The molecule has 2 fully saturated rings. The van der Waals surface area contributed by atoms with Crippen molar-refractivity contribution in [1.82, 2.24) is 9.80 Å². The molecule has 3 aliphatic rings. The monoisotopic (exact) mass is 412 g/mol. The van der Waals surface area contributed by atoms with Gasteiger partial charge in [-0.3, -0.25) is 9.59 Å². The van der Waals surface area contributed by atoms with Crippen LogP contribution in [-0.4, -0.2) is 65.2 Å². The Morgan fingerprint density at radius 2 is 1.88 bits per heavy atom. The van der Waals surface area contributed by atoms with E-state index in [-0.39, 0.29) is 24.2 Å². The number of fused-ring (bicyclic) bond motifs is 1. The molecule has 7 heteroatoms. The highest BCUT2D eigenvalue weighted by Crippen LogP contribution is 2.39. The Morgan fingerprint density at radius 1 is 1.15 bits per heavy atom. The van der Waals surface area contributed by atoms with Crippen LogP contribution in [0.25, 0.3) is 0 Å². The van der Waals surface area contributed by atoms with Crippen molar-refractivity contribution < 1.29 is 9.59 Å². The number of benzene rings is 1. The number of carbonyl (C=O) groups excluding carboxylic acids is 2. The van der Waals surface area contributed by atoms with Crippen LogP contribution in [0.15, 0.2) is 12.1 Å². The lowest BCUT2D eigenvalue weighted by Crippen LogP contribution is -2.52. The molecular weight excluding hydrogens is 391 g/mol. The van der Waals surface area contributed by atoms with Crippen molar-refractivity contribution in [2.24, 2.45) is 0 Å². The summed E-state index contributed by atoms with van der Waals surface area (Å²) in [5, 5.41) is 0.772. The van der Waals surface area contributed by atoms with Crippen molar-refractivity contribution in [1.29, 1.82) is 0 Å². The number of amides is 1. The summed E-state index contributed by atoms with van der Waals surface area (Å²) in [6.07, 6.45) is 2.72. The minimum absolute atomic E-state index is 0.0144. The molecule has 0 radical (unpaired) electrons. The number of halogens is 2. The van der Waals surface area contributed by atoms with E-state index in [4.69, 9.17) is 23.2 Å². The molecular formula is C19H22Cl2N2O2S. The SMILES string of the molecule is O=C1CC(C(=O)N2CCSC[C@H]2CN2CCCC2)c2cc(Cl)c(Cl)cc21. The van der Waals surface area contributed by atoms with Crippen molar-refractivity contribution in [2.45, 2.75) is 31.2 Å². The second kappa shape index (κ2) is 7.70. The third-order valence-electron chi connectivity index (χ3n) is 5.63. The molecule has 2 saturated heterocycles. The molecule has 2 aliphatic heterocycles. The molecule has 4 rings (SSSR count). The van der Waals surface area contributed by atoms with Gasteiger partial charge in [-0.05, 0) is 43.6 Å². The third-order valence-corrected chi connectivity index (χ3v) is 7.45. The normalized spacial score (nSPS) is 26.4. The molecule has 1 amide bonds. The highest BCUT2D eigenvalue weighted by Gasteiger charge is 2.40. The van der Waals surface area contributed by atoms with Crippen LogP contribution in [0, 0.1) is 0 Å². The van der Waals surface area contributed by atoms with Gasteiger partial charge in [0.05, 0.1) is 22.0 Å². The Hall–Kier alpha value is -0.750. The number of carbonyl (C=O) groups is 2. The number of likely N-dealkylation sites (tertiary alicyclic amines) is 1. The van der Waals surface area contributed by atoms with E-state index >= 15 is 0 Å². The molecule has 1 aliphatic carbocycles. The highest BCUT2D eigenvalue weighted by atomic mass is 35.5. The minimum atomic E-state index is -0.420. The Balaban J connectivity index is 1.56. The summed E-state index contributed by atoms with van der Waals surface area (Å²) in [7, 11) is 0. The smallest absolute Gasteiger partial charge is 0.230 e. The number of ketones is 1.